The normalized spacial score (nSPS) is 12.0. The van der Waals surface area contributed by atoms with Gasteiger partial charge in [0.25, 0.3) is 10.0 Å². The highest BCUT2D eigenvalue weighted by atomic mass is 32.2. The minimum Gasteiger partial charge on any atom is -0.354 e. The van der Waals surface area contributed by atoms with E-state index in [1.54, 1.807) is 37.3 Å². The Labute approximate surface area is 226 Å². The molecule has 0 aliphatic carbocycles. The molecule has 0 heterocycles. The molecule has 0 unspecified atom stereocenters. The van der Waals surface area contributed by atoms with Crippen molar-refractivity contribution in [2.24, 2.45) is 0 Å². The minimum absolute atomic E-state index is 0.0922. The van der Waals surface area contributed by atoms with Gasteiger partial charge in [0.15, 0.2) is 0 Å². The molecule has 7 nitrogen and oxygen atoms in total. The molecule has 0 aliphatic heterocycles. The number of unbranched alkanes of at least 4 members (excludes halogenated alkanes) is 1. The van der Waals surface area contributed by atoms with E-state index in [1.807, 2.05) is 56.3 Å². The molecule has 3 rings (SSSR count). The molecule has 0 radical (unpaired) electrons. The Kier molecular flexibility index (Phi) is 10.5. The van der Waals surface area contributed by atoms with Crippen molar-refractivity contribution in [1.82, 2.24) is 10.2 Å². The van der Waals surface area contributed by atoms with Gasteiger partial charge in [0.2, 0.25) is 11.8 Å². The van der Waals surface area contributed by atoms with E-state index < -0.39 is 28.5 Å². The van der Waals surface area contributed by atoms with Gasteiger partial charge in [-0.3, -0.25) is 13.9 Å². The molecule has 2 amide bonds. The first-order chi connectivity index (χ1) is 18.2. The van der Waals surface area contributed by atoms with E-state index >= 15 is 0 Å². The van der Waals surface area contributed by atoms with Gasteiger partial charge in [-0.2, -0.15) is 0 Å². The molecule has 1 N–H and O–H groups in total. The second-order valence-corrected chi connectivity index (χ2v) is 11.2. The summed E-state index contributed by atoms with van der Waals surface area (Å²) in [5.74, 6) is -0.702. The molecule has 0 saturated heterocycles. The summed E-state index contributed by atoms with van der Waals surface area (Å²) >= 11 is 0. The molecule has 202 valence electrons. The maximum atomic E-state index is 13.8. The highest BCUT2D eigenvalue weighted by Gasteiger charge is 2.32. The molecule has 0 fully saturated rings. The zero-order valence-electron chi connectivity index (χ0n) is 22.3. The fourth-order valence-electron chi connectivity index (χ4n) is 4.07. The molecule has 0 spiro atoms. The number of carbonyl (C=O) groups is 2. The van der Waals surface area contributed by atoms with E-state index in [4.69, 9.17) is 0 Å². The third-order valence-corrected chi connectivity index (χ3v) is 8.20. The van der Waals surface area contributed by atoms with Gasteiger partial charge in [-0.1, -0.05) is 79.6 Å². The summed E-state index contributed by atoms with van der Waals surface area (Å²) in [5.41, 5.74) is 2.38. The van der Waals surface area contributed by atoms with Crippen LogP contribution in [-0.2, 0) is 26.0 Å². The Hall–Kier alpha value is -3.65. The van der Waals surface area contributed by atoms with E-state index in [1.165, 1.54) is 17.0 Å². The highest BCUT2D eigenvalue weighted by molar-refractivity contribution is 7.92. The van der Waals surface area contributed by atoms with E-state index in [-0.39, 0.29) is 17.3 Å². The van der Waals surface area contributed by atoms with Crippen molar-refractivity contribution < 1.29 is 18.0 Å². The zero-order chi connectivity index (χ0) is 27.5. The van der Waals surface area contributed by atoms with Crippen molar-refractivity contribution in [3.63, 3.8) is 0 Å². The topological polar surface area (TPSA) is 86.8 Å². The number of sulfonamides is 1. The maximum absolute atomic E-state index is 13.8. The predicted molar refractivity (Wildman–Crippen MR) is 151 cm³/mol. The van der Waals surface area contributed by atoms with Crippen LogP contribution in [0.1, 0.15) is 37.8 Å². The van der Waals surface area contributed by atoms with Gasteiger partial charge in [0.1, 0.15) is 12.6 Å². The van der Waals surface area contributed by atoms with Gasteiger partial charge in [-0.05, 0) is 56.5 Å². The second kappa shape index (κ2) is 13.8. The smallest absolute Gasteiger partial charge is 0.264 e. The lowest BCUT2D eigenvalue weighted by Crippen LogP contribution is -2.52. The summed E-state index contributed by atoms with van der Waals surface area (Å²) in [6.07, 6.45) is 2.32. The van der Waals surface area contributed by atoms with Crippen LogP contribution >= 0.6 is 0 Å². The first-order valence-electron chi connectivity index (χ1n) is 13.0. The standard InChI is InChI=1S/C30H37N3O4S/c1-4-5-21-31-30(35)25(3)32(22-20-26-12-8-6-9-13-26)29(34)23-33(27-18-16-24(2)17-19-27)38(36,37)28-14-10-7-11-15-28/h6-19,25H,4-5,20-23H2,1-3H3,(H,31,35)/t25-/m1/s1. The van der Waals surface area contributed by atoms with Crippen LogP contribution in [0.2, 0.25) is 0 Å². The summed E-state index contributed by atoms with van der Waals surface area (Å²) in [6.45, 7) is 6.01. The fraction of sp³-hybridized carbons (Fsp3) is 0.333. The van der Waals surface area contributed by atoms with Crippen LogP contribution in [0.5, 0.6) is 0 Å². The van der Waals surface area contributed by atoms with E-state index in [2.05, 4.69) is 5.32 Å². The van der Waals surface area contributed by atoms with Crippen molar-refractivity contribution in [2.45, 2.75) is 51.0 Å². The molecule has 0 bridgehead atoms. The Bertz CT molecular complexity index is 1280. The lowest BCUT2D eigenvalue weighted by atomic mass is 10.1. The minimum atomic E-state index is -4.04. The van der Waals surface area contributed by atoms with Crippen molar-refractivity contribution in [3.05, 3.63) is 96.1 Å². The molecule has 38 heavy (non-hydrogen) atoms. The zero-order valence-corrected chi connectivity index (χ0v) is 23.2. The molecular weight excluding hydrogens is 498 g/mol. The Morgan fingerprint density at radius 1 is 0.895 bits per heavy atom. The summed E-state index contributed by atoms with van der Waals surface area (Å²) in [5, 5.41) is 2.90. The summed E-state index contributed by atoms with van der Waals surface area (Å²) < 4.78 is 28.5. The van der Waals surface area contributed by atoms with Gasteiger partial charge in [-0.15, -0.1) is 0 Å². The van der Waals surface area contributed by atoms with Crippen molar-refractivity contribution >= 4 is 27.5 Å². The number of carbonyl (C=O) groups excluding carboxylic acids is 2. The monoisotopic (exact) mass is 535 g/mol. The number of nitrogens with one attached hydrogen (secondary N) is 1. The number of anilines is 1. The quantitative estimate of drug-likeness (QED) is 0.325. The average molecular weight is 536 g/mol. The number of hydrogen-bond donors (Lipinski definition) is 1. The Morgan fingerprint density at radius 2 is 1.50 bits per heavy atom. The Balaban J connectivity index is 1.92. The van der Waals surface area contributed by atoms with Crippen molar-refractivity contribution in [2.75, 3.05) is 23.9 Å². The summed E-state index contributed by atoms with van der Waals surface area (Å²) in [4.78, 5) is 28.3. The first-order valence-corrected chi connectivity index (χ1v) is 14.4. The van der Waals surface area contributed by atoms with Crippen LogP contribution in [0.25, 0.3) is 0 Å². The molecule has 0 aliphatic rings. The Morgan fingerprint density at radius 3 is 2.11 bits per heavy atom. The van der Waals surface area contributed by atoms with Crippen LogP contribution in [-0.4, -0.2) is 50.8 Å². The van der Waals surface area contributed by atoms with Gasteiger partial charge in [0.05, 0.1) is 10.6 Å². The van der Waals surface area contributed by atoms with Gasteiger partial charge < -0.3 is 10.2 Å². The lowest BCUT2D eigenvalue weighted by Gasteiger charge is -2.32. The van der Waals surface area contributed by atoms with Crippen LogP contribution in [0.3, 0.4) is 0 Å². The fourth-order valence-corrected chi connectivity index (χ4v) is 5.50. The van der Waals surface area contributed by atoms with Crippen LogP contribution in [0, 0.1) is 6.92 Å². The lowest BCUT2D eigenvalue weighted by molar-refractivity contribution is -0.138. The number of aryl methyl sites for hydroxylation is 1. The van der Waals surface area contributed by atoms with E-state index in [9.17, 15) is 18.0 Å². The molecule has 1 atom stereocenters. The molecule has 0 saturated carbocycles. The van der Waals surface area contributed by atoms with Crippen molar-refractivity contribution in [3.8, 4) is 0 Å². The maximum Gasteiger partial charge on any atom is 0.264 e. The van der Waals surface area contributed by atoms with E-state index in [0.29, 0.717) is 18.7 Å². The average Bonchev–Trinajstić information content (AvgIpc) is 2.93. The molecule has 0 aromatic heterocycles. The molecular formula is C30H37N3O4S. The largest absolute Gasteiger partial charge is 0.354 e. The first kappa shape index (κ1) is 28.9. The van der Waals surface area contributed by atoms with E-state index in [0.717, 1.165) is 28.3 Å². The van der Waals surface area contributed by atoms with Crippen LogP contribution in [0.4, 0.5) is 5.69 Å². The third-order valence-electron chi connectivity index (χ3n) is 6.41. The number of nitrogens with zero attached hydrogens (tertiary/aromatic N) is 2. The number of benzene rings is 3. The molecule has 3 aromatic carbocycles. The predicted octanol–water partition coefficient (Wildman–Crippen LogP) is 4.57. The van der Waals surface area contributed by atoms with Crippen LogP contribution < -0.4 is 9.62 Å². The third kappa shape index (κ3) is 7.68. The second-order valence-electron chi connectivity index (χ2n) is 9.30. The molecule has 8 heteroatoms. The van der Waals surface area contributed by atoms with Crippen molar-refractivity contribution in [1.29, 1.82) is 0 Å². The number of rotatable bonds is 13. The number of amides is 2. The number of hydrogen-bond acceptors (Lipinski definition) is 4. The SMILES string of the molecule is CCCCNC(=O)[C@@H](C)N(CCc1ccccc1)C(=O)CN(c1ccc(C)cc1)S(=O)(=O)c1ccccc1. The summed E-state index contributed by atoms with van der Waals surface area (Å²) in [7, 11) is -4.04. The van der Waals surface area contributed by atoms with Gasteiger partial charge >= 0.3 is 0 Å². The van der Waals surface area contributed by atoms with Gasteiger partial charge in [0, 0.05) is 13.1 Å². The highest BCUT2D eigenvalue weighted by Crippen LogP contribution is 2.24. The van der Waals surface area contributed by atoms with Gasteiger partial charge in [-0.25, -0.2) is 8.42 Å². The van der Waals surface area contributed by atoms with Crippen LogP contribution in [0.15, 0.2) is 89.8 Å². The summed E-state index contributed by atoms with van der Waals surface area (Å²) in [6, 6.07) is 24.0. The molecule has 3 aromatic rings.